The second-order valence-electron chi connectivity index (χ2n) is 6.20. The van der Waals surface area contributed by atoms with Gasteiger partial charge in [0.15, 0.2) is 0 Å². The minimum absolute atomic E-state index is 0.531. The topological polar surface area (TPSA) is 29.9 Å². The van der Waals surface area contributed by atoms with Crippen LogP contribution in [0.25, 0.3) is 0 Å². The van der Waals surface area contributed by atoms with Gasteiger partial charge in [-0.1, -0.05) is 33.6 Å². The Bertz CT molecular complexity index is 348. The molecule has 0 radical (unpaired) electrons. The molecule has 1 aliphatic rings. The molecule has 102 valence electrons. The molecule has 1 aromatic rings. The van der Waals surface area contributed by atoms with Crippen molar-refractivity contribution in [1.29, 1.82) is 0 Å². The van der Waals surface area contributed by atoms with Crippen LogP contribution in [0.15, 0.2) is 12.5 Å². The summed E-state index contributed by atoms with van der Waals surface area (Å²) in [6.07, 6.45) is 9.57. The highest BCUT2D eigenvalue weighted by Gasteiger charge is 2.19. The molecular formula is C15H27N3. The molecule has 3 nitrogen and oxygen atoms in total. The third kappa shape index (κ3) is 3.84. The van der Waals surface area contributed by atoms with E-state index in [1.807, 2.05) is 12.5 Å². The Morgan fingerprint density at radius 2 is 2.06 bits per heavy atom. The molecule has 1 saturated carbocycles. The molecule has 0 bridgehead atoms. The molecule has 1 fully saturated rings. The van der Waals surface area contributed by atoms with Gasteiger partial charge in [0.05, 0.1) is 12.0 Å². The molecule has 0 amide bonds. The van der Waals surface area contributed by atoms with Crippen LogP contribution in [0.5, 0.6) is 0 Å². The van der Waals surface area contributed by atoms with E-state index in [4.69, 9.17) is 0 Å². The number of aromatic nitrogens is 2. The van der Waals surface area contributed by atoms with Gasteiger partial charge in [-0.2, -0.15) is 0 Å². The van der Waals surface area contributed by atoms with Crippen molar-refractivity contribution in [2.24, 2.45) is 11.8 Å². The zero-order valence-corrected chi connectivity index (χ0v) is 12.0. The molecule has 1 heterocycles. The van der Waals surface area contributed by atoms with Crippen LogP contribution in [-0.2, 0) is 13.1 Å². The Labute approximate surface area is 111 Å². The van der Waals surface area contributed by atoms with Gasteiger partial charge in [-0.15, -0.1) is 0 Å². The van der Waals surface area contributed by atoms with E-state index in [1.54, 1.807) is 0 Å². The van der Waals surface area contributed by atoms with Gasteiger partial charge in [-0.05, 0) is 24.7 Å². The van der Waals surface area contributed by atoms with Crippen molar-refractivity contribution < 1.29 is 0 Å². The van der Waals surface area contributed by atoms with Crippen LogP contribution < -0.4 is 5.32 Å². The summed E-state index contributed by atoms with van der Waals surface area (Å²) in [5, 5.41) is 3.47. The van der Waals surface area contributed by atoms with E-state index in [1.165, 1.54) is 31.4 Å². The fraction of sp³-hybridized carbons (Fsp3) is 0.800. The summed E-state index contributed by atoms with van der Waals surface area (Å²) in [6, 6.07) is 0.531. The van der Waals surface area contributed by atoms with E-state index < -0.39 is 0 Å². The fourth-order valence-electron chi connectivity index (χ4n) is 2.76. The van der Waals surface area contributed by atoms with Gasteiger partial charge in [0, 0.05) is 25.3 Å². The molecule has 18 heavy (non-hydrogen) atoms. The molecule has 3 heteroatoms. The van der Waals surface area contributed by atoms with Crippen LogP contribution in [0.1, 0.15) is 52.1 Å². The van der Waals surface area contributed by atoms with Crippen molar-refractivity contribution in [3.63, 3.8) is 0 Å². The van der Waals surface area contributed by atoms with Crippen LogP contribution in [-0.4, -0.2) is 15.6 Å². The molecule has 0 atom stereocenters. The normalized spacial score (nSPS) is 24.7. The predicted octanol–water partition coefficient (Wildman–Crippen LogP) is 3.21. The zero-order chi connectivity index (χ0) is 13.0. The Kier molecular flexibility index (Phi) is 4.81. The summed E-state index contributed by atoms with van der Waals surface area (Å²) in [4.78, 5) is 4.30. The molecule has 0 aromatic carbocycles. The Hall–Kier alpha value is -0.830. The van der Waals surface area contributed by atoms with Crippen LogP contribution in [0.4, 0.5) is 0 Å². The van der Waals surface area contributed by atoms with Gasteiger partial charge in [-0.25, -0.2) is 4.98 Å². The number of rotatable bonds is 5. The summed E-state index contributed by atoms with van der Waals surface area (Å²) in [6.45, 7) is 8.83. The summed E-state index contributed by atoms with van der Waals surface area (Å²) in [5.41, 5.74) is 1.32. The van der Waals surface area contributed by atoms with Gasteiger partial charge in [0.1, 0.15) is 0 Å². The van der Waals surface area contributed by atoms with Gasteiger partial charge < -0.3 is 9.88 Å². The number of hydrogen-bond donors (Lipinski definition) is 1. The largest absolute Gasteiger partial charge is 0.333 e. The van der Waals surface area contributed by atoms with E-state index in [0.717, 1.165) is 24.9 Å². The maximum atomic E-state index is 4.30. The first kappa shape index (κ1) is 13.6. The van der Waals surface area contributed by atoms with Crippen molar-refractivity contribution in [3.05, 3.63) is 18.2 Å². The average molecular weight is 249 g/mol. The molecular weight excluding hydrogens is 222 g/mol. The van der Waals surface area contributed by atoms with Gasteiger partial charge >= 0.3 is 0 Å². The molecule has 0 unspecified atom stereocenters. The van der Waals surface area contributed by atoms with E-state index in [0.29, 0.717) is 6.04 Å². The van der Waals surface area contributed by atoms with Crippen LogP contribution >= 0.6 is 0 Å². The Balaban J connectivity index is 1.87. The van der Waals surface area contributed by atoms with Crippen molar-refractivity contribution in [2.45, 2.75) is 65.6 Å². The number of nitrogens with one attached hydrogen (secondary N) is 1. The molecule has 1 aliphatic carbocycles. The minimum atomic E-state index is 0.531. The van der Waals surface area contributed by atoms with E-state index >= 15 is 0 Å². The smallest absolute Gasteiger partial charge is 0.0948 e. The van der Waals surface area contributed by atoms with E-state index in [9.17, 15) is 0 Å². The minimum Gasteiger partial charge on any atom is -0.333 e. The first-order valence-electron chi connectivity index (χ1n) is 7.37. The third-order valence-corrected chi connectivity index (χ3v) is 4.08. The van der Waals surface area contributed by atoms with Crippen molar-refractivity contribution >= 4 is 0 Å². The van der Waals surface area contributed by atoms with Gasteiger partial charge in [-0.3, -0.25) is 0 Å². The van der Waals surface area contributed by atoms with Crippen molar-refractivity contribution in [2.75, 3.05) is 0 Å². The zero-order valence-electron chi connectivity index (χ0n) is 12.0. The van der Waals surface area contributed by atoms with Crippen molar-refractivity contribution in [3.8, 4) is 0 Å². The Morgan fingerprint density at radius 3 is 2.72 bits per heavy atom. The maximum absolute atomic E-state index is 4.30. The number of imidazole rings is 1. The van der Waals surface area contributed by atoms with Crippen molar-refractivity contribution in [1.82, 2.24) is 14.9 Å². The van der Waals surface area contributed by atoms with Crippen LogP contribution in [0.3, 0.4) is 0 Å². The molecule has 0 aliphatic heterocycles. The van der Waals surface area contributed by atoms with Gasteiger partial charge in [0.25, 0.3) is 0 Å². The number of nitrogens with zero attached hydrogens (tertiary/aromatic N) is 2. The predicted molar refractivity (Wildman–Crippen MR) is 75.3 cm³/mol. The summed E-state index contributed by atoms with van der Waals surface area (Å²) < 4.78 is 2.34. The quantitative estimate of drug-likeness (QED) is 0.868. The van der Waals surface area contributed by atoms with E-state index in [-0.39, 0.29) is 0 Å². The lowest BCUT2D eigenvalue weighted by molar-refractivity contribution is 0.262. The van der Waals surface area contributed by atoms with Crippen LogP contribution in [0, 0.1) is 11.8 Å². The van der Waals surface area contributed by atoms with E-state index in [2.05, 4.69) is 35.6 Å². The fourth-order valence-corrected chi connectivity index (χ4v) is 2.76. The summed E-state index contributed by atoms with van der Waals surface area (Å²) in [5.74, 6) is 1.79. The lowest BCUT2D eigenvalue weighted by Crippen LogP contribution is -2.24. The second-order valence-corrected chi connectivity index (χ2v) is 6.20. The molecule has 1 aromatic heterocycles. The lowest BCUT2D eigenvalue weighted by Gasteiger charge is -2.27. The molecule has 0 spiro atoms. The standard InChI is InChI=1S/C15H27N3/c1-12(2)17-9-15-8-16-11-18(15)10-14-6-4-13(3)5-7-14/h8,11-14,17H,4-7,9-10H2,1-3H3. The third-order valence-electron chi connectivity index (χ3n) is 4.08. The Morgan fingerprint density at radius 1 is 1.33 bits per heavy atom. The average Bonchev–Trinajstić information content (AvgIpc) is 2.77. The van der Waals surface area contributed by atoms with Gasteiger partial charge in [0.2, 0.25) is 0 Å². The maximum Gasteiger partial charge on any atom is 0.0948 e. The number of hydrogen-bond acceptors (Lipinski definition) is 2. The SMILES string of the molecule is CC1CCC(Cn2cncc2CNC(C)C)CC1. The first-order chi connectivity index (χ1) is 8.65. The lowest BCUT2D eigenvalue weighted by atomic mass is 9.83. The monoisotopic (exact) mass is 249 g/mol. The highest BCUT2D eigenvalue weighted by atomic mass is 15.1. The highest BCUT2D eigenvalue weighted by Crippen LogP contribution is 2.29. The summed E-state index contributed by atoms with van der Waals surface area (Å²) >= 11 is 0. The molecule has 1 N–H and O–H groups in total. The summed E-state index contributed by atoms with van der Waals surface area (Å²) in [7, 11) is 0. The second kappa shape index (κ2) is 6.37. The molecule has 0 saturated heterocycles. The molecule has 2 rings (SSSR count). The van der Waals surface area contributed by atoms with Crippen LogP contribution in [0.2, 0.25) is 0 Å². The highest BCUT2D eigenvalue weighted by molar-refractivity contribution is 4.98. The first-order valence-corrected chi connectivity index (χ1v) is 7.37.